The summed E-state index contributed by atoms with van der Waals surface area (Å²) < 4.78 is 5.64. The monoisotopic (exact) mass is 254 g/mol. The van der Waals surface area contributed by atoms with E-state index in [1.807, 2.05) is 0 Å². The molecular weight excluding hydrogens is 224 g/mol. The molecule has 1 heterocycles. The summed E-state index contributed by atoms with van der Waals surface area (Å²) in [4.78, 5) is 2.73. The smallest absolute Gasteiger partial charge is 0.0622 e. The maximum Gasteiger partial charge on any atom is 0.0622 e. The molecule has 3 heteroatoms. The van der Waals surface area contributed by atoms with Crippen LogP contribution in [0.15, 0.2) is 0 Å². The van der Waals surface area contributed by atoms with Gasteiger partial charge in [0.1, 0.15) is 0 Å². The average Bonchev–Trinajstić information content (AvgIpc) is 2.46. The molecule has 1 saturated carbocycles. The van der Waals surface area contributed by atoms with Crippen LogP contribution in [0.3, 0.4) is 0 Å². The Morgan fingerprint density at radius 1 is 1.22 bits per heavy atom. The van der Waals surface area contributed by atoms with Gasteiger partial charge in [0.2, 0.25) is 0 Å². The first-order valence-corrected chi connectivity index (χ1v) is 7.83. The van der Waals surface area contributed by atoms with Gasteiger partial charge in [-0.15, -0.1) is 0 Å². The molecule has 106 valence electrons. The standard InChI is InChI=1S/C15H30N2O/c1-3-12-5-6-13(10-16)15(9-12)17-7-8-18-11-14(17)4-2/h12-15H,3-11,16H2,1-2H3. The molecule has 18 heavy (non-hydrogen) atoms. The highest BCUT2D eigenvalue weighted by molar-refractivity contribution is 4.90. The minimum atomic E-state index is 0.619. The second-order valence-electron chi connectivity index (χ2n) is 6.03. The van der Waals surface area contributed by atoms with E-state index in [1.165, 1.54) is 32.1 Å². The Labute approximate surface area is 112 Å². The summed E-state index contributed by atoms with van der Waals surface area (Å²) in [6.07, 6.45) is 6.60. The zero-order chi connectivity index (χ0) is 13.0. The van der Waals surface area contributed by atoms with Crippen molar-refractivity contribution in [2.75, 3.05) is 26.3 Å². The lowest BCUT2D eigenvalue weighted by molar-refractivity contribution is -0.0554. The summed E-state index contributed by atoms with van der Waals surface area (Å²) in [5.74, 6) is 1.62. The topological polar surface area (TPSA) is 38.5 Å². The first-order chi connectivity index (χ1) is 8.80. The van der Waals surface area contributed by atoms with Crippen LogP contribution in [-0.4, -0.2) is 43.3 Å². The first kappa shape index (κ1) is 14.3. The molecule has 3 nitrogen and oxygen atoms in total. The number of ether oxygens (including phenoxy) is 1. The molecule has 0 bridgehead atoms. The van der Waals surface area contributed by atoms with Gasteiger partial charge in [-0.2, -0.15) is 0 Å². The van der Waals surface area contributed by atoms with Crippen LogP contribution >= 0.6 is 0 Å². The summed E-state index contributed by atoms with van der Waals surface area (Å²) in [5, 5.41) is 0. The first-order valence-electron chi connectivity index (χ1n) is 7.83. The Bertz CT molecular complexity index is 247. The zero-order valence-electron chi connectivity index (χ0n) is 12.1. The van der Waals surface area contributed by atoms with Gasteiger partial charge < -0.3 is 10.5 Å². The maximum absolute atomic E-state index is 6.02. The molecule has 2 fully saturated rings. The van der Waals surface area contributed by atoms with Crippen LogP contribution in [-0.2, 0) is 4.74 Å². The molecule has 0 amide bonds. The molecule has 2 aliphatic rings. The van der Waals surface area contributed by atoms with Crippen molar-refractivity contribution < 1.29 is 4.74 Å². The molecule has 0 radical (unpaired) electrons. The summed E-state index contributed by atoms with van der Waals surface area (Å²) in [6, 6.07) is 1.33. The minimum Gasteiger partial charge on any atom is -0.378 e. The van der Waals surface area contributed by atoms with E-state index in [1.54, 1.807) is 0 Å². The van der Waals surface area contributed by atoms with E-state index in [0.717, 1.165) is 32.2 Å². The van der Waals surface area contributed by atoms with Crippen molar-refractivity contribution in [1.29, 1.82) is 0 Å². The molecule has 2 N–H and O–H groups in total. The Balaban J connectivity index is 2.05. The average molecular weight is 254 g/mol. The normalized spacial score (nSPS) is 38.8. The Kier molecular flexibility index (Phi) is 5.46. The lowest BCUT2D eigenvalue weighted by Gasteiger charge is -2.47. The molecule has 0 aromatic rings. The van der Waals surface area contributed by atoms with Crippen molar-refractivity contribution in [2.24, 2.45) is 17.6 Å². The lowest BCUT2D eigenvalue weighted by atomic mass is 9.76. The van der Waals surface area contributed by atoms with E-state index in [9.17, 15) is 0 Å². The summed E-state index contributed by atoms with van der Waals surface area (Å²) >= 11 is 0. The molecule has 1 aliphatic carbocycles. The second kappa shape index (κ2) is 6.88. The van der Waals surface area contributed by atoms with Gasteiger partial charge in [-0.1, -0.05) is 26.7 Å². The highest BCUT2D eigenvalue weighted by atomic mass is 16.5. The lowest BCUT2D eigenvalue weighted by Crippen LogP contribution is -2.55. The summed E-state index contributed by atoms with van der Waals surface area (Å²) in [5.41, 5.74) is 6.02. The third-order valence-corrected chi connectivity index (χ3v) is 5.12. The minimum absolute atomic E-state index is 0.619. The van der Waals surface area contributed by atoms with Gasteiger partial charge in [-0.05, 0) is 37.6 Å². The molecular formula is C15H30N2O. The zero-order valence-corrected chi connectivity index (χ0v) is 12.1. The third kappa shape index (κ3) is 3.06. The van der Waals surface area contributed by atoms with Gasteiger partial charge >= 0.3 is 0 Å². The predicted molar refractivity (Wildman–Crippen MR) is 75.6 cm³/mol. The highest BCUT2D eigenvalue weighted by Gasteiger charge is 2.36. The van der Waals surface area contributed by atoms with Crippen LogP contribution < -0.4 is 5.73 Å². The van der Waals surface area contributed by atoms with E-state index in [2.05, 4.69) is 18.7 Å². The van der Waals surface area contributed by atoms with E-state index in [-0.39, 0.29) is 0 Å². The fourth-order valence-electron chi connectivity index (χ4n) is 3.80. The second-order valence-corrected chi connectivity index (χ2v) is 6.03. The van der Waals surface area contributed by atoms with Crippen molar-refractivity contribution in [1.82, 2.24) is 4.90 Å². The van der Waals surface area contributed by atoms with Crippen LogP contribution in [0.25, 0.3) is 0 Å². The van der Waals surface area contributed by atoms with Crippen molar-refractivity contribution in [3.63, 3.8) is 0 Å². The number of morpholine rings is 1. The van der Waals surface area contributed by atoms with Gasteiger partial charge in [-0.3, -0.25) is 4.90 Å². The number of nitrogens with zero attached hydrogens (tertiary/aromatic N) is 1. The molecule has 0 spiro atoms. The fourth-order valence-corrected chi connectivity index (χ4v) is 3.80. The molecule has 0 aromatic heterocycles. The quantitative estimate of drug-likeness (QED) is 0.836. The largest absolute Gasteiger partial charge is 0.378 e. The van der Waals surface area contributed by atoms with Crippen LogP contribution in [0.2, 0.25) is 0 Å². The van der Waals surface area contributed by atoms with Crippen LogP contribution in [0.4, 0.5) is 0 Å². The van der Waals surface area contributed by atoms with Gasteiger partial charge in [0, 0.05) is 18.6 Å². The van der Waals surface area contributed by atoms with Crippen LogP contribution in [0.1, 0.15) is 46.0 Å². The third-order valence-electron chi connectivity index (χ3n) is 5.12. The van der Waals surface area contributed by atoms with E-state index < -0.39 is 0 Å². The van der Waals surface area contributed by atoms with Gasteiger partial charge in [0.15, 0.2) is 0 Å². The van der Waals surface area contributed by atoms with E-state index in [0.29, 0.717) is 18.0 Å². The number of rotatable bonds is 4. The van der Waals surface area contributed by atoms with Crippen molar-refractivity contribution in [2.45, 2.75) is 58.0 Å². The Morgan fingerprint density at radius 3 is 2.72 bits per heavy atom. The molecule has 4 unspecified atom stereocenters. The summed E-state index contributed by atoms with van der Waals surface area (Å²) in [6.45, 7) is 8.40. The van der Waals surface area contributed by atoms with Crippen molar-refractivity contribution in [3.8, 4) is 0 Å². The number of nitrogens with two attached hydrogens (primary N) is 1. The molecule has 1 saturated heterocycles. The number of hydrogen-bond acceptors (Lipinski definition) is 3. The SMILES string of the molecule is CCC1CCC(CN)C(N2CCOCC2CC)C1. The maximum atomic E-state index is 6.02. The van der Waals surface area contributed by atoms with Crippen LogP contribution in [0.5, 0.6) is 0 Å². The van der Waals surface area contributed by atoms with E-state index in [4.69, 9.17) is 10.5 Å². The van der Waals surface area contributed by atoms with Crippen LogP contribution in [0, 0.1) is 11.8 Å². The van der Waals surface area contributed by atoms with Crippen molar-refractivity contribution in [3.05, 3.63) is 0 Å². The molecule has 2 rings (SSSR count). The summed E-state index contributed by atoms with van der Waals surface area (Å²) in [7, 11) is 0. The van der Waals surface area contributed by atoms with E-state index >= 15 is 0 Å². The Morgan fingerprint density at radius 2 is 2.06 bits per heavy atom. The van der Waals surface area contributed by atoms with Gasteiger partial charge in [0.05, 0.1) is 13.2 Å². The predicted octanol–water partition coefficient (Wildman–Crippen LogP) is 2.25. The molecule has 1 aliphatic heterocycles. The fraction of sp³-hybridized carbons (Fsp3) is 1.00. The molecule has 0 aromatic carbocycles. The van der Waals surface area contributed by atoms with Crippen molar-refractivity contribution >= 4 is 0 Å². The molecule has 4 atom stereocenters. The van der Waals surface area contributed by atoms with Gasteiger partial charge in [0.25, 0.3) is 0 Å². The Hall–Kier alpha value is -0.120. The number of hydrogen-bond donors (Lipinski definition) is 1. The highest BCUT2D eigenvalue weighted by Crippen LogP contribution is 2.35. The van der Waals surface area contributed by atoms with Gasteiger partial charge in [-0.25, -0.2) is 0 Å².